The molecule has 24 heavy (non-hydrogen) atoms. The van der Waals surface area contributed by atoms with Crippen LogP contribution >= 0.6 is 11.8 Å². The normalized spacial score (nSPS) is 20.0. The van der Waals surface area contributed by atoms with Gasteiger partial charge in [-0.2, -0.15) is 0 Å². The maximum absolute atomic E-state index is 13.1. The highest BCUT2D eigenvalue weighted by Gasteiger charge is 2.36. The topological polar surface area (TPSA) is 70.4 Å². The molecule has 8 heteroatoms. The van der Waals surface area contributed by atoms with Crippen LogP contribution in [0.5, 0.6) is 0 Å². The molecule has 2 atom stereocenters. The zero-order valence-electron chi connectivity index (χ0n) is 13.1. The molecule has 6 nitrogen and oxygen atoms in total. The van der Waals surface area contributed by atoms with Crippen LogP contribution in [0.25, 0.3) is 5.69 Å². The summed E-state index contributed by atoms with van der Waals surface area (Å²) < 4.78 is 25.0. The maximum Gasteiger partial charge on any atom is 0.357 e. The third-order valence-electron chi connectivity index (χ3n) is 3.58. The second-order valence-corrected chi connectivity index (χ2v) is 6.09. The molecular weight excluding hydrogens is 335 g/mol. The van der Waals surface area contributed by atoms with Gasteiger partial charge in [0, 0.05) is 12.1 Å². The van der Waals surface area contributed by atoms with E-state index in [1.807, 2.05) is 6.26 Å². The number of aromatic nitrogens is 2. The lowest BCUT2D eigenvalue weighted by Gasteiger charge is -2.12. The molecule has 3 rings (SSSR count). The fourth-order valence-electron chi connectivity index (χ4n) is 2.47. The van der Waals surface area contributed by atoms with E-state index < -0.39 is 18.0 Å². The Morgan fingerprint density at radius 1 is 1.42 bits per heavy atom. The first-order valence-electron chi connectivity index (χ1n) is 7.28. The van der Waals surface area contributed by atoms with Gasteiger partial charge in [-0.05, 0) is 37.4 Å². The van der Waals surface area contributed by atoms with Crippen molar-refractivity contribution in [3.05, 3.63) is 42.0 Å². The summed E-state index contributed by atoms with van der Waals surface area (Å²) in [6, 6.07) is 5.67. The molecule has 1 saturated heterocycles. The number of imidazole rings is 1. The van der Waals surface area contributed by atoms with Crippen molar-refractivity contribution in [2.45, 2.75) is 30.7 Å². The van der Waals surface area contributed by atoms with Crippen LogP contribution in [-0.4, -0.2) is 40.0 Å². The Balaban J connectivity index is 1.90. The van der Waals surface area contributed by atoms with E-state index in [1.165, 1.54) is 30.1 Å². The number of hydrogen-bond donors (Lipinski definition) is 0. The van der Waals surface area contributed by atoms with Crippen molar-refractivity contribution in [3.63, 3.8) is 0 Å². The van der Waals surface area contributed by atoms with Gasteiger partial charge in [-0.15, -0.1) is 0 Å². The molecule has 0 radical (unpaired) electrons. The number of nitrogens with zero attached hydrogens (tertiary/aromatic N) is 2. The number of thioether (sulfide) groups is 1. The van der Waals surface area contributed by atoms with Gasteiger partial charge in [0.25, 0.3) is 0 Å². The predicted octanol–water partition coefficient (Wildman–Crippen LogP) is 2.59. The smallest absolute Gasteiger partial charge is 0.357 e. The summed E-state index contributed by atoms with van der Waals surface area (Å²) in [4.78, 5) is 28.3. The van der Waals surface area contributed by atoms with Crippen molar-refractivity contribution < 1.29 is 23.5 Å². The molecule has 1 aliphatic rings. The molecule has 0 spiro atoms. The molecule has 0 N–H and O–H groups in total. The first-order valence-corrected chi connectivity index (χ1v) is 8.51. The van der Waals surface area contributed by atoms with E-state index in [0.717, 1.165) is 0 Å². The van der Waals surface area contributed by atoms with Crippen molar-refractivity contribution in [2.75, 3.05) is 6.26 Å². The first-order chi connectivity index (χ1) is 11.5. The minimum atomic E-state index is -0.915. The number of benzene rings is 1. The molecule has 1 fully saturated rings. The van der Waals surface area contributed by atoms with E-state index in [-0.39, 0.29) is 17.6 Å². The molecule has 0 bridgehead atoms. The second kappa shape index (κ2) is 6.64. The monoisotopic (exact) mass is 350 g/mol. The molecule has 2 heterocycles. The molecule has 0 amide bonds. The quantitative estimate of drug-likeness (QED) is 0.624. The number of ether oxygens (including phenoxy) is 2. The fraction of sp³-hybridized carbons (Fsp3) is 0.312. The van der Waals surface area contributed by atoms with Gasteiger partial charge in [0.2, 0.25) is 6.10 Å². The zero-order valence-corrected chi connectivity index (χ0v) is 13.9. The zero-order chi connectivity index (χ0) is 17.3. The van der Waals surface area contributed by atoms with Gasteiger partial charge in [-0.3, -0.25) is 4.57 Å². The Labute approximate surface area is 142 Å². The SMILES string of the molecule is CSc1ncc(C(=O)OC2CC(C)OC2=O)n1-c1ccc(F)cc1. The number of carbonyl (C=O) groups is 2. The van der Waals surface area contributed by atoms with Crippen molar-refractivity contribution in [3.8, 4) is 5.69 Å². The van der Waals surface area contributed by atoms with Crippen molar-refractivity contribution in [2.24, 2.45) is 0 Å². The van der Waals surface area contributed by atoms with Gasteiger partial charge in [0.05, 0.1) is 6.20 Å². The number of hydrogen-bond acceptors (Lipinski definition) is 6. The number of cyclic esters (lactones) is 1. The second-order valence-electron chi connectivity index (χ2n) is 5.32. The third kappa shape index (κ3) is 3.14. The highest BCUT2D eigenvalue weighted by molar-refractivity contribution is 7.98. The van der Waals surface area contributed by atoms with E-state index >= 15 is 0 Å². The van der Waals surface area contributed by atoms with Crippen LogP contribution in [0.1, 0.15) is 23.8 Å². The minimum absolute atomic E-state index is 0.165. The summed E-state index contributed by atoms with van der Waals surface area (Å²) in [6.45, 7) is 1.74. The van der Waals surface area contributed by atoms with Gasteiger partial charge in [-0.1, -0.05) is 11.8 Å². The molecule has 1 aliphatic heterocycles. The van der Waals surface area contributed by atoms with Crippen LogP contribution < -0.4 is 0 Å². The van der Waals surface area contributed by atoms with Gasteiger partial charge in [-0.25, -0.2) is 19.0 Å². The average molecular weight is 350 g/mol. The summed E-state index contributed by atoms with van der Waals surface area (Å²) >= 11 is 1.34. The molecule has 126 valence electrons. The lowest BCUT2D eigenvalue weighted by atomic mass is 10.2. The Morgan fingerprint density at radius 2 is 2.12 bits per heavy atom. The maximum atomic E-state index is 13.1. The summed E-state index contributed by atoms with van der Waals surface area (Å²) in [7, 11) is 0. The standard InChI is InChI=1S/C16H15FN2O4S/c1-9-7-13(15(21)22-9)23-14(20)12-8-18-16(24-2)19(12)11-5-3-10(17)4-6-11/h3-6,8-9,13H,7H2,1-2H3. The summed E-state index contributed by atoms with van der Waals surface area (Å²) in [5.74, 6) is -1.60. The van der Waals surface area contributed by atoms with Crippen LogP contribution in [0.2, 0.25) is 0 Å². The lowest BCUT2D eigenvalue weighted by molar-refractivity contribution is -0.147. The third-order valence-corrected chi connectivity index (χ3v) is 4.23. The average Bonchev–Trinajstić information content (AvgIpc) is 3.11. The van der Waals surface area contributed by atoms with Crippen molar-refractivity contribution in [1.29, 1.82) is 0 Å². The fourth-order valence-corrected chi connectivity index (χ4v) is 3.01. The molecule has 1 aromatic heterocycles. The van der Waals surface area contributed by atoms with E-state index in [4.69, 9.17) is 9.47 Å². The minimum Gasteiger partial charge on any atom is -0.460 e. The Kier molecular flexibility index (Phi) is 4.57. The van der Waals surface area contributed by atoms with Gasteiger partial charge in [0.15, 0.2) is 10.9 Å². The van der Waals surface area contributed by atoms with Crippen molar-refractivity contribution in [1.82, 2.24) is 9.55 Å². The highest BCUT2D eigenvalue weighted by Crippen LogP contribution is 2.24. The Morgan fingerprint density at radius 3 is 2.71 bits per heavy atom. The van der Waals surface area contributed by atoms with Crippen LogP contribution in [0.15, 0.2) is 35.6 Å². The van der Waals surface area contributed by atoms with E-state index in [1.54, 1.807) is 23.6 Å². The van der Waals surface area contributed by atoms with Gasteiger partial charge >= 0.3 is 11.9 Å². The van der Waals surface area contributed by atoms with Gasteiger partial charge in [0.1, 0.15) is 11.9 Å². The first kappa shape index (κ1) is 16.5. The Hall–Kier alpha value is -2.35. The molecule has 1 aromatic carbocycles. The molecule has 2 aromatic rings. The van der Waals surface area contributed by atoms with Crippen LogP contribution in [-0.2, 0) is 14.3 Å². The molecule has 2 unspecified atom stereocenters. The summed E-state index contributed by atoms with van der Waals surface area (Å²) in [5, 5.41) is 0.552. The number of esters is 2. The van der Waals surface area contributed by atoms with Crippen molar-refractivity contribution >= 4 is 23.7 Å². The summed E-state index contributed by atoms with van der Waals surface area (Å²) in [5.41, 5.74) is 0.742. The summed E-state index contributed by atoms with van der Waals surface area (Å²) in [6.07, 6.45) is 2.32. The molecule has 0 saturated carbocycles. The molecule has 0 aliphatic carbocycles. The van der Waals surface area contributed by atoms with E-state index in [9.17, 15) is 14.0 Å². The predicted molar refractivity (Wildman–Crippen MR) is 84.7 cm³/mol. The number of halogens is 1. The largest absolute Gasteiger partial charge is 0.460 e. The number of rotatable bonds is 4. The van der Waals surface area contributed by atoms with Crippen LogP contribution in [0, 0.1) is 5.82 Å². The lowest BCUT2D eigenvalue weighted by Crippen LogP contribution is -2.24. The Bertz CT molecular complexity index is 775. The van der Waals surface area contributed by atoms with Gasteiger partial charge < -0.3 is 9.47 Å². The number of carbonyl (C=O) groups excluding carboxylic acids is 2. The van der Waals surface area contributed by atoms with Crippen LogP contribution in [0.3, 0.4) is 0 Å². The van der Waals surface area contributed by atoms with Crippen LogP contribution in [0.4, 0.5) is 4.39 Å². The highest BCUT2D eigenvalue weighted by atomic mass is 32.2. The molecular formula is C16H15FN2O4S. The van der Waals surface area contributed by atoms with E-state index in [0.29, 0.717) is 17.3 Å². The van der Waals surface area contributed by atoms with E-state index in [2.05, 4.69) is 4.98 Å².